The number of anilines is 1. The van der Waals surface area contributed by atoms with Crippen LogP contribution in [0.4, 0.5) is 5.69 Å². The molecule has 0 aliphatic heterocycles. The summed E-state index contributed by atoms with van der Waals surface area (Å²) in [6.45, 7) is 1.35. The second-order valence-corrected chi connectivity index (χ2v) is 6.16. The molecule has 2 aromatic carbocycles. The fraction of sp³-hybridized carbons (Fsp3) is 0.182. The first kappa shape index (κ1) is 19.8. The summed E-state index contributed by atoms with van der Waals surface area (Å²) in [6.07, 6.45) is 0.164. The largest absolute Gasteiger partial charge is 0.451 e. The molecule has 3 rings (SSSR count). The van der Waals surface area contributed by atoms with Crippen molar-refractivity contribution in [2.45, 2.75) is 13.3 Å². The van der Waals surface area contributed by atoms with Crippen LogP contribution >= 0.6 is 0 Å². The van der Waals surface area contributed by atoms with Crippen molar-refractivity contribution in [3.05, 3.63) is 72.1 Å². The molecule has 146 valence electrons. The highest BCUT2D eigenvalue weighted by molar-refractivity contribution is 5.97. The highest BCUT2D eigenvalue weighted by Crippen LogP contribution is 2.22. The highest BCUT2D eigenvalue weighted by Gasteiger charge is 2.22. The maximum atomic E-state index is 12.6. The summed E-state index contributed by atoms with van der Waals surface area (Å²) >= 11 is 0. The SMILES string of the molecule is Cc1oc(-c2ccccc2)nc1C(=O)OCC(=O)N(CCC#N)c1ccccc1. The number of nitriles is 1. The third-order valence-corrected chi connectivity index (χ3v) is 4.15. The van der Waals surface area contributed by atoms with E-state index in [-0.39, 0.29) is 18.7 Å². The van der Waals surface area contributed by atoms with Crippen LogP contribution in [-0.2, 0) is 9.53 Å². The Morgan fingerprint density at radius 1 is 1.10 bits per heavy atom. The van der Waals surface area contributed by atoms with Crippen LogP contribution in [0.15, 0.2) is 65.1 Å². The molecular formula is C22H19N3O4. The molecule has 0 saturated heterocycles. The van der Waals surface area contributed by atoms with Crippen molar-refractivity contribution in [1.82, 2.24) is 4.98 Å². The zero-order chi connectivity index (χ0) is 20.6. The number of amides is 1. The van der Waals surface area contributed by atoms with Gasteiger partial charge in [0.15, 0.2) is 12.3 Å². The first-order chi connectivity index (χ1) is 14.1. The average molecular weight is 389 g/mol. The fourth-order valence-electron chi connectivity index (χ4n) is 2.73. The lowest BCUT2D eigenvalue weighted by atomic mass is 10.2. The van der Waals surface area contributed by atoms with Crippen molar-refractivity contribution in [3.8, 4) is 17.5 Å². The van der Waals surface area contributed by atoms with Gasteiger partial charge in [-0.1, -0.05) is 36.4 Å². The van der Waals surface area contributed by atoms with Gasteiger partial charge in [-0.15, -0.1) is 0 Å². The van der Waals surface area contributed by atoms with Gasteiger partial charge in [0, 0.05) is 17.8 Å². The number of carbonyl (C=O) groups is 2. The van der Waals surface area contributed by atoms with Gasteiger partial charge in [-0.2, -0.15) is 5.26 Å². The number of aromatic nitrogens is 1. The van der Waals surface area contributed by atoms with E-state index in [0.29, 0.717) is 17.3 Å². The van der Waals surface area contributed by atoms with Gasteiger partial charge in [0.1, 0.15) is 5.76 Å². The zero-order valence-electron chi connectivity index (χ0n) is 15.9. The molecule has 0 unspecified atom stereocenters. The molecule has 29 heavy (non-hydrogen) atoms. The smallest absolute Gasteiger partial charge is 0.361 e. The normalized spacial score (nSPS) is 10.2. The number of rotatable bonds is 7. The van der Waals surface area contributed by atoms with E-state index in [1.165, 1.54) is 4.90 Å². The third-order valence-electron chi connectivity index (χ3n) is 4.15. The molecule has 0 aliphatic rings. The molecular weight excluding hydrogens is 370 g/mol. The average Bonchev–Trinajstić information content (AvgIpc) is 3.15. The molecule has 7 heteroatoms. The monoisotopic (exact) mass is 389 g/mol. The summed E-state index contributed by atoms with van der Waals surface area (Å²) in [7, 11) is 0. The van der Waals surface area contributed by atoms with Gasteiger partial charge in [0.25, 0.3) is 5.91 Å². The fourth-order valence-corrected chi connectivity index (χ4v) is 2.73. The number of hydrogen-bond acceptors (Lipinski definition) is 6. The third kappa shape index (κ3) is 4.87. The van der Waals surface area contributed by atoms with Crippen LogP contribution in [0, 0.1) is 18.3 Å². The molecule has 0 radical (unpaired) electrons. The Morgan fingerprint density at radius 2 is 1.76 bits per heavy atom. The van der Waals surface area contributed by atoms with Crippen LogP contribution in [0.25, 0.3) is 11.5 Å². The van der Waals surface area contributed by atoms with E-state index < -0.39 is 18.5 Å². The lowest BCUT2D eigenvalue weighted by Crippen LogP contribution is -2.35. The number of carbonyl (C=O) groups excluding carboxylic acids is 2. The lowest BCUT2D eigenvalue weighted by Gasteiger charge is -2.21. The molecule has 1 amide bonds. The first-order valence-electron chi connectivity index (χ1n) is 9.02. The van der Waals surface area contributed by atoms with E-state index in [1.807, 2.05) is 42.5 Å². The summed E-state index contributed by atoms with van der Waals surface area (Å²) in [5, 5.41) is 8.85. The minimum atomic E-state index is -0.741. The van der Waals surface area contributed by atoms with Crippen LogP contribution in [0.3, 0.4) is 0 Å². The van der Waals surface area contributed by atoms with E-state index in [4.69, 9.17) is 14.4 Å². The molecule has 0 N–H and O–H groups in total. The first-order valence-corrected chi connectivity index (χ1v) is 9.02. The van der Waals surface area contributed by atoms with Gasteiger partial charge >= 0.3 is 5.97 Å². The van der Waals surface area contributed by atoms with E-state index >= 15 is 0 Å². The summed E-state index contributed by atoms with van der Waals surface area (Å²) in [6, 6.07) is 20.1. The second kappa shape index (κ2) is 9.33. The Balaban J connectivity index is 1.68. The molecule has 0 spiro atoms. The molecule has 3 aromatic rings. The van der Waals surface area contributed by atoms with Gasteiger partial charge < -0.3 is 14.1 Å². The molecule has 0 saturated carbocycles. The topological polar surface area (TPSA) is 96.4 Å². The minimum Gasteiger partial charge on any atom is -0.451 e. The molecule has 1 heterocycles. The van der Waals surface area contributed by atoms with Gasteiger partial charge in [0.05, 0.1) is 12.5 Å². The Labute approximate surface area is 168 Å². The molecule has 1 aromatic heterocycles. The van der Waals surface area contributed by atoms with Crippen molar-refractivity contribution in [1.29, 1.82) is 5.26 Å². The van der Waals surface area contributed by atoms with Crippen molar-refractivity contribution >= 4 is 17.6 Å². The maximum absolute atomic E-state index is 12.6. The van der Waals surface area contributed by atoms with Crippen LogP contribution in [0.1, 0.15) is 22.7 Å². The van der Waals surface area contributed by atoms with Crippen LogP contribution in [0.2, 0.25) is 0 Å². The second-order valence-electron chi connectivity index (χ2n) is 6.16. The molecule has 0 bridgehead atoms. The number of aryl methyl sites for hydroxylation is 1. The van der Waals surface area contributed by atoms with Crippen LogP contribution < -0.4 is 4.90 Å². The summed E-state index contributed by atoms with van der Waals surface area (Å²) in [5.74, 6) is -0.550. The van der Waals surface area contributed by atoms with E-state index in [9.17, 15) is 9.59 Å². The van der Waals surface area contributed by atoms with Gasteiger partial charge in [-0.25, -0.2) is 9.78 Å². The number of esters is 1. The maximum Gasteiger partial charge on any atom is 0.361 e. The summed E-state index contributed by atoms with van der Waals surface area (Å²) < 4.78 is 10.7. The summed E-state index contributed by atoms with van der Waals surface area (Å²) in [4.78, 5) is 30.6. The van der Waals surface area contributed by atoms with Gasteiger partial charge in [0.2, 0.25) is 5.89 Å². The van der Waals surface area contributed by atoms with Gasteiger partial charge in [-0.05, 0) is 31.2 Å². The number of nitrogens with zero attached hydrogens (tertiary/aromatic N) is 3. The Kier molecular flexibility index (Phi) is 6.38. The van der Waals surface area contributed by atoms with Crippen molar-refractivity contribution in [2.75, 3.05) is 18.1 Å². The minimum absolute atomic E-state index is 0.0277. The molecule has 0 fully saturated rings. The predicted octanol–water partition coefficient (Wildman–Crippen LogP) is 3.75. The zero-order valence-corrected chi connectivity index (χ0v) is 15.9. The quantitative estimate of drug-likeness (QED) is 0.571. The molecule has 0 atom stereocenters. The van der Waals surface area contributed by atoms with Crippen LogP contribution in [-0.4, -0.2) is 30.0 Å². The van der Waals surface area contributed by atoms with E-state index in [2.05, 4.69) is 4.98 Å². The number of para-hydroxylation sites is 1. The van der Waals surface area contributed by atoms with Crippen molar-refractivity contribution in [2.24, 2.45) is 0 Å². The standard InChI is InChI=1S/C22H19N3O4/c1-16-20(24-21(29-16)17-9-4-2-5-10-17)22(27)28-15-19(26)25(14-8-13-23)18-11-6-3-7-12-18/h2-7,9-12H,8,14-15H2,1H3. The number of benzene rings is 2. The number of ether oxygens (including phenoxy) is 1. The highest BCUT2D eigenvalue weighted by atomic mass is 16.5. The summed E-state index contributed by atoms with van der Waals surface area (Å²) in [5.41, 5.74) is 1.39. The Bertz CT molecular complexity index is 1020. The van der Waals surface area contributed by atoms with E-state index in [0.717, 1.165) is 5.56 Å². The Morgan fingerprint density at radius 3 is 2.41 bits per heavy atom. The van der Waals surface area contributed by atoms with Crippen molar-refractivity contribution in [3.63, 3.8) is 0 Å². The lowest BCUT2D eigenvalue weighted by molar-refractivity contribution is -0.121. The van der Waals surface area contributed by atoms with E-state index in [1.54, 1.807) is 31.2 Å². The Hall–Kier alpha value is -3.92. The molecule has 0 aliphatic carbocycles. The predicted molar refractivity (Wildman–Crippen MR) is 106 cm³/mol. The van der Waals surface area contributed by atoms with Gasteiger partial charge in [-0.3, -0.25) is 4.79 Å². The number of oxazole rings is 1. The molecule has 7 nitrogen and oxygen atoms in total. The number of hydrogen-bond donors (Lipinski definition) is 0. The van der Waals surface area contributed by atoms with Crippen molar-refractivity contribution < 1.29 is 18.7 Å². The van der Waals surface area contributed by atoms with Crippen LogP contribution in [0.5, 0.6) is 0 Å².